The molecule has 104 valence electrons. The lowest BCUT2D eigenvalue weighted by molar-refractivity contribution is 0.102. The van der Waals surface area contributed by atoms with Crippen LogP contribution in [0.15, 0.2) is 41.0 Å². The van der Waals surface area contributed by atoms with Gasteiger partial charge in [0.25, 0.3) is 5.91 Å². The van der Waals surface area contributed by atoms with E-state index in [0.717, 1.165) is 15.7 Å². The number of benzene rings is 1. The van der Waals surface area contributed by atoms with Gasteiger partial charge < -0.3 is 10.2 Å². The summed E-state index contributed by atoms with van der Waals surface area (Å²) >= 11 is 3.46. The number of hydrogen-bond donors (Lipinski definition) is 1. The molecule has 1 aromatic heterocycles. The molecule has 2 aromatic rings. The molecule has 0 radical (unpaired) electrons. The molecule has 0 unspecified atom stereocenters. The van der Waals surface area contributed by atoms with Gasteiger partial charge in [-0.25, -0.2) is 4.98 Å². The van der Waals surface area contributed by atoms with Gasteiger partial charge in [0.1, 0.15) is 5.82 Å². The second-order valence-electron chi connectivity index (χ2n) is 4.69. The maximum Gasteiger partial charge on any atom is 0.259 e. The Bertz CT molecular complexity index is 641. The van der Waals surface area contributed by atoms with Gasteiger partial charge in [0.05, 0.1) is 5.56 Å². The third-order valence-electron chi connectivity index (χ3n) is 2.88. The van der Waals surface area contributed by atoms with Crippen LogP contribution in [0.1, 0.15) is 15.9 Å². The Morgan fingerprint density at radius 2 is 2.05 bits per heavy atom. The highest BCUT2D eigenvalue weighted by atomic mass is 79.9. The lowest BCUT2D eigenvalue weighted by Crippen LogP contribution is -2.19. The largest absolute Gasteiger partial charge is 0.362 e. The van der Waals surface area contributed by atoms with Crippen molar-refractivity contribution in [3.8, 4) is 0 Å². The number of aromatic nitrogens is 1. The van der Waals surface area contributed by atoms with Gasteiger partial charge in [-0.3, -0.25) is 4.79 Å². The quantitative estimate of drug-likeness (QED) is 0.935. The van der Waals surface area contributed by atoms with Crippen LogP contribution in [0.2, 0.25) is 0 Å². The number of amides is 1. The number of hydrogen-bond acceptors (Lipinski definition) is 3. The van der Waals surface area contributed by atoms with Crippen molar-refractivity contribution in [2.24, 2.45) is 0 Å². The molecule has 20 heavy (non-hydrogen) atoms. The van der Waals surface area contributed by atoms with E-state index in [2.05, 4.69) is 26.2 Å². The molecule has 2 rings (SSSR count). The second kappa shape index (κ2) is 6.05. The summed E-state index contributed by atoms with van der Waals surface area (Å²) in [6.45, 7) is 2.00. The van der Waals surface area contributed by atoms with E-state index in [1.807, 2.05) is 44.1 Å². The van der Waals surface area contributed by atoms with E-state index in [9.17, 15) is 4.79 Å². The van der Waals surface area contributed by atoms with E-state index in [-0.39, 0.29) is 5.91 Å². The predicted octanol–water partition coefficient (Wildman–Crippen LogP) is 3.47. The van der Waals surface area contributed by atoms with Gasteiger partial charge in [0.15, 0.2) is 0 Å². The molecule has 0 aliphatic carbocycles. The molecule has 1 N–H and O–H groups in total. The van der Waals surface area contributed by atoms with Crippen LogP contribution in [0.5, 0.6) is 0 Å². The number of rotatable bonds is 3. The monoisotopic (exact) mass is 333 g/mol. The molecule has 0 fully saturated rings. The van der Waals surface area contributed by atoms with E-state index in [0.29, 0.717) is 11.4 Å². The topological polar surface area (TPSA) is 45.2 Å². The highest BCUT2D eigenvalue weighted by Gasteiger charge is 2.14. The molecule has 1 amide bonds. The molecular weight excluding hydrogens is 318 g/mol. The zero-order valence-corrected chi connectivity index (χ0v) is 13.2. The summed E-state index contributed by atoms with van der Waals surface area (Å²) in [4.78, 5) is 18.4. The SMILES string of the molecule is Cc1ccc(NC(=O)c2cccnc2N(C)C)cc1Br. The van der Waals surface area contributed by atoms with Crippen molar-refractivity contribution in [3.63, 3.8) is 0 Å². The first-order chi connectivity index (χ1) is 9.49. The summed E-state index contributed by atoms with van der Waals surface area (Å²) < 4.78 is 0.967. The molecular formula is C15H16BrN3O. The molecule has 1 aromatic carbocycles. The fourth-order valence-corrected chi connectivity index (χ4v) is 2.18. The molecule has 0 aliphatic heterocycles. The molecule has 0 saturated carbocycles. The van der Waals surface area contributed by atoms with Crippen LogP contribution < -0.4 is 10.2 Å². The predicted molar refractivity (Wildman–Crippen MR) is 85.4 cm³/mol. The van der Waals surface area contributed by atoms with Crippen LogP contribution in [-0.4, -0.2) is 25.0 Å². The van der Waals surface area contributed by atoms with Gasteiger partial charge in [-0.15, -0.1) is 0 Å². The van der Waals surface area contributed by atoms with Gasteiger partial charge >= 0.3 is 0 Å². The van der Waals surface area contributed by atoms with Crippen molar-refractivity contribution in [3.05, 3.63) is 52.1 Å². The molecule has 0 atom stereocenters. The zero-order chi connectivity index (χ0) is 14.7. The first-order valence-electron chi connectivity index (χ1n) is 6.19. The van der Waals surface area contributed by atoms with Gasteiger partial charge in [-0.2, -0.15) is 0 Å². The van der Waals surface area contributed by atoms with E-state index in [1.54, 1.807) is 18.3 Å². The normalized spacial score (nSPS) is 10.2. The maximum absolute atomic E-state index is 12.3. The Morgan fingerprint density at radius 1 is 1.30 bits per heavy atom. The van der Waals surface area contributed by atoms with Crippen LogP contribution in [0.25, 0.3) is 0 Å². The van der Waals surface area contributed by atoms with Crippen molar-refractivity contribution >= 4 is 33.3 Å². The van der Waals surface area contributed by atoms with Gasteiger partial charge in [-0.05, 0) is 36.8 Å². The Balaban J connectivity index is 2.26. The molecule has 0 spiro atoms. The van der Waals surface area contributed by atoms with Crippen molar-refractivity contribution in [2.75, 3.05) is 24.3 Å². The minimum Gasteiger partial charge on any atom is -0.362 e. The highest BCUT2D eigenvalue weighted by molar-refractivity contribution is 9.10. The standard InChI is InChI=1S/C15H16BrN3O/c1-10-6-7-11(9-13(10)16)18-15(20)12-5-4-8-17-14(12)19(2)3/h4-9H,1-3H3,(H,18,20). The highest BCUT2D eigenvalue weighted by Crippen LogP contribution is 2.22. The maximum atomic E-state index is 12.3. The average Bonchev–Trinajstić information content (AvgIpc) is 2.43. The van der Waals surface area contributed by atoms with E-state index in [4.69, 9.17) is 0 Å². The van der Waals surface area contributed by atoms with Crippen LogP contribution >= 0.6 is 15.9 Å². The minimum absolute atomic E-state index is 0.169. The summed E-state index contributed by atoms with van der Waals surface area (Å²) in [5.74, 6) is 0.480. The van der Waals surface area contributed by atoms with Crippen molar-refractivity contribution in [2.45, 2.75) is 6.92 Å². The third kappa shape index (κ3) is 3.17. The summed E-state index contributed by atoms with van der Waals surface area (Å²) in [7, 11) is 3.73. The van der Waals surface area contributed by atoms with E-state index in [1.165, 1.54) is 0 Å². The minimum atomic E-state index is -0.169. The molecule has 0 bridgehead atoms. The Hall–Kier alpha value is -1.88. The third-order valence-corrected chi connectivity index (χ3v) is 3.74. The molecule has 1 heterocycles. The number of aryl methyl sites for hydroxylation is 1. The smallest absolute Gasteiger partial charge is 0.259 e. The number of carbonyl (C=O) groups excluding carboxylic acids is 1. The summed E-state index contributed by atoms with van der Waals surface area (Å²) in [6, 6.07) is 9.24. The van der Waals surface area contributed by atoms with Crippen LogP contribution in [0.3, 0.4) is 0 Å². The van der Waals surface area contributed by atoms with Gasteiger partial charge in [0.2, 0.25) is 0 Å². The number of halogens is 1. The van der Waals surface area contributed by atoms with E-state index >= 15 is 0 Å². The molecule has 0 aliphatic rings. The average molecular weight is 334 g/mol. The molecule has 5 heteroatoms. The van der Waals surface area contributed by atoms with Crippen LogP contribution in [0, 0.1) is 6.92 Å². The Labute approximate surface area is 127 Å². The van der Waals surface area contributed by atoms with Gasteiger partial charge in [0, 0.05) is 30.5 Å². The number of pyridine rings is 1. The fourth-order valence-electron chi connectivity index (χ4n) is 1.80. The molecule has 0 saturated heterocycles. The lowest BCUT2D eigenvalue weighted by atomic mass is 10.2. The van der Waals surface area contributed by atoms with E-state index < -0.39 is 0 Å². The first kappa shape index (κ1) is 14.5. The Kier molecular flexibility index (Phi) is 4.39. The number of anilines is 2. The van der Waals surface area contributed by atoms with Crippen LogP contribution in [-0.2, 0) is 0 Å². The van der Waals surface area contributed by atoms with Crippen molar-refractivity contribution in [1.82, 2.24) is 4.98 Å². The summed E-state index contributed by atoms with van der Waals surface area (Å²) in [6.07, 6.45) is 1.68. The summed E-state index contributed by atoms with van der Waals surface area (Å²) in [5.41, 5.74) is 2.42. The number of nitrogens with one attached hydrogen (secondary N) is 1. The van der Waals surface area contributed by atoms with Crippen molar-refractivity contribution in [1.29, 1.82) is 0 Å². The van der Waals surface area contributed by atoms with Gasteiger partial charge in [-0.1, -0.05) is 22.0 Å². The lowest BCUT2D eigenvalue weighted by Gasteiger charge is -2.15. The second-order valence-corrected chi connectivity index (χ2v) is 5.54. The number of nitrogens with zero attached hydrogens (tertiary/aromatic N) is 2. The number of carbonyl (C=O) groups is 1. The first-order valence-corrected chi connectivity index (χ1v) is 6.98. The molecule has 4 nitrogen and oxygen atoms in total. The van der Waals surface area contributed by atoms with Crippen LogP contribution in [0.4, 0.5) is 11.5 Å². The Morgan fingerprint density at radius 3 is 2.70 bits per heavy atom. The van der Waals surface area contributed by atoms with Crippen molar-refractivity contribution < 1.29 is 4.79 Å². The fraction of sp³-hybridized carbons (Fsp3) is 0.200. The summed E-state index contributed by atoms with van der Waals surface area (Å²) in [5, 5.41) is 2.89. The zero-order valence-electron chi connectivity index (χ0n) is 11.6.